The highest BCUT2D eigenvalue weighted by Crippen LogP contribution is 2.38. The second-order valence-corrected chi connectivity index (χ2v) is 9.06. The predicted octanol–water partition coefficient (Wildman–Crippen LogP) is 7.72. The highest BCUT2D eigenvalue weighted by atomic mass is 19.4. The van der Waals surface area contributed by atoms with Crippen molar-refractivity contribution < 1.29 is 36.2 Å². The number of benzene rings is 1. The van der Waals surface area contributed by atoms with Gasteiger partial charge in [0.1, 0.15) is 0 Å². The summed E-state index contributed by atoms with van der Waals surface area (Å²) in [5.41, 5.74) is -0.238. The third-order valence-electron chi connectivity index (χ3n) is 5.68. The molecule has 1 N–H and O–H groups in total. The molecule has 1 fully saturated rings. The van der Waals surface area contributed by atoms with Crippen LogP contribution in [0.5, 0.6) is 0 Å². The van der Waals surface area contributed by atoms with Gasteiger partial charge in [-0.1, -0.05) is 45.7 Å². The first-order chi connectivity index (χ1) is 15.2. The molecule has 1 aliphatic rings. The van der Waals surface area contributed by atoms with E-state index in [1.807, 2.05) is 4.90 Å². The molecule has 9 heteroatoms. The monoisotopic (exact) mass is 483 g/mol. The van der Waals surface area contributed by atoms with Crippen LogP contribution in [0.1, 0.15) is 82.9 Å². The first-order valence-corrected chi connectivity index (χ1v) is 11.4. The van der Waals surface area contributed by atoms with Crippen molar-refractivity contribution in [2.75, 3.05) is 13.1 Å². The molecule has 0 spiro atoms. The molecule has 1 aromatic rings. The molecular weight excluding hydrogens is 448 g/mol. The minimum Gasteiger partial charge on any atom is -0.481 e. The Balaban J connectivity index is 0.000000801. The number of alkyl halides is 6. The van der Waals surface area contributed by atoms with Gasteiger partial charge in [0.25, 0.3) is 0 Å². The maximum Gasteiger partial charge on any atom is 0.416 e. The summed E-state index contributed by atoms with van der Waals surface area (Å²) in [6.07, 6.45) is -6.19. The number of nitrogens with zero attached hydrogens (tertiary/aromatic N) is 1. The largest absolute Gasteiger partial charge is 0.481 e. The van der Waals surface area contributed by atoms with Crippen molar-refractivity contribution in [2.24, 2.45) is 11.8 Å². The summed E-state index contributed by atoms with van der Waals surface area (Å²) in [6.45, 7) is 7.31. The molecule has 1 heterocycles. The van der Waals surface area contributed by atoms with E-state index >= 15 is 0 Å². The molecule has 0 aliphatic carbocycles. The number of rotatable bonds is 8. The van der Waals surface area contributed by atoms with Crippen LogP contribution < -0.4 is 0 Å². The Kier molecular flexibility index (Phi) is 11.7. The molecule has 0 amide bonds. The molecule has 190 valence electrons. The minimum absolute atomic E-state index is 0.0620. The Morgan fingerprint density at radius 2 is 1.73 bits per heavy atom. The Labute approximate surface area is 192 Å². The van der Waals surface area contributed by atoms with Crippen molar-refractivity contribution in [3.63, 3.8) is 0 Å². The van der Waals surface area contributed by atoms with Gasteiger partial charge in [-0.3, -0.25) is 9.69 Å². The Morgan fingerprint density at radius 1 is 1.12 bits per heavy atom. The second-order valence-electron chi connectivity index (χ2n) is 9.06. The SMILES string of the molecule is CCCC(C)C.O=C(O)CC1CCN(CCCC(F)(F)F)C(c2ccc(C(F)(F)F)cc2)C1. The average Bonchev–Trinajstić information content (AvgIpc) is 2.67. The van der Waals surface area contributed by atoms with Gasteiger partial charge in [-0.05, 0) is 61.9 Å². The van der Waals surface area contributed by atoms with E-state index in [-0.39, 0.29) is 25.3 Å². The molecule has 2 atom stereocenters. The molecule has 2 unspecified atom stereocenters. The molecule has 33 heavy (non-hydrogen) atoms. The zero-order valence-corrected chi connectivity index (χ0v) is 19.5. The summed E-state index contributed by atoms with van der Waals surface area (Å²) in [5, 5.41) is 8.98. The molecule has 1 aliphatic heterocycles. The lowest BCUT2D eigenvalue weighted by Crippen LogP contribution is -2.38. The first kappa shape index (κ1) is 29.3. The maximum atomic E-state index is 12.7. The van der Waals surface area contributed by atoms with E-state index < -0.39 is 36.3 Å². The van der Waals surface area contributed by atoms with E-state index in [2.05, 4.69) is 20.8 Å². The Hall–Kier alpha value is -1.77. The van der Waals surface area contributed by atoms with Crippen molar-refractivity contribution >= 4 is 5.97 Å². The number of halogens is 6. The number of hydrogen-bond acceptors (Lipinski definition) is 2. The summed E-state index contributed by atoms with van der Waals surface area (Å²) in [4.78, 5) is 12.8. The normalized spacial score (nSPS) is 19.8. The minimum atomic E-state index is -4.47. The van der Waals surface area contributed by atoms with Crippen LogP contribution in [0.25, 0.3) is 0 Å². The van der Waals surface area contributed by atoms with Crippen molar-refractivity contribution in [3.05, 3.63) is 35.4 Å². The average molecular weight is 484 g/mol. The predicted molar refractivity (Wildman–Crippen MR) is 116 cm³/mol. The van der Waals surface area contributed by atoms with Crippen LogP contribution in [0.3, 0.4) is 0 Å². The molecule has 0 aromatic heterocycles. The smallest absolute Gasteiger partial charge is 0.416 e. The van der Waals surface area contributed by atoms with Crippen LogP contribution in [-0.2, 0) is 11.0 Å². The maximum absolute atomic E-state index is 12.7. The molecular formula is C24H35F6NO2. The topological polar surface area (TPSA) is 40.5 Å². The number of carboxylic acids is 1. The lowest BCUT2D eigenvalue weighted by molar-refractivity contribution is -0.140. The summed E-state index contributed by atoms with van der Waals surface area (Å²) in [5.74, 6) is -0.222. The number of carboxylic acid groups (broad SMARTS) is 1. The van der Waals surface area contributed by atoms with Crippen LogP contribution >= 0.6 is 0 Å². The molecule has 0 radical (unpaired) electrons. The number of likely N-dealkylation sites (tertiary alicyclic amines) is 1. The number of hydrogen-bond donors (Lipinski definition) is 1. The van der Waals surface area contributed by atoms with E-state index in [1.54, 1.807) is 0 Å². The van der Waals surface area contributed by atoms with Crippen molar-refractivity contribution in [2.45, 2.75) is 84.1 Å². The summed E-state index contributed by atoms with van der Waals surface area (Å²) in [6, 6.07) is 4.16. The Morgan fingerprint density at radius 3 is 2.15 bits per heavy atom. The van der Waals surface area contributed by atoms with Crippen molar-refractivity contribution in [1.29, 1.82) is 0 Å². The summed E-state index contributed by atoms with van der Waals surface area (Å²) >= 11 is 0. The lowest BCUT2D eigenvalue weighted by Gasteiger charge is -2.39. The molecule has 0 bridgehead atoms. The van der Waals surface area contributed by atoms with Crippen LogP contribution in [0.15, 0.2) is 24.3 Å². The van der Waals surface area contributed by atoms with Crippen molar-refractivity contribution in [1.82, 2.24) is 4.90 Å². The second kappa shape index (κ2) is 13.2. The van der Waals surface area contributed by atoms with Gasteiger partial charge in [-0.25, -0.2) is 0 Å². The molecule has 2 rings (SSSR count). The van der Waals surface area contributed by atoms with Gasteiger partial charge in [-0.15, -0.1) is 0 Å². The van der Waals surface area contributed by atoms with Gasteiger partial charge in [0.05, 0.1) is 5.56 Å². The number of piperidine rings is 1. The summed E-state index contributed by atoms with van der Waals surface area (Å²) in [7, 11) is 0. The standard InChI is InChI=1S/C18H21F6NO2.C6H14/c19-17(20,21)7-1-8-25-9-6-12(11-16(26)27)10-15(25)13-2-4-14(5-3-13)18(22,23)24;1-4-5-6(2)3/h2-5,12,15H,1,6-11H2,(H,26,27);6H,4-5H2,1-3H3. The third kappa shape index (κ3) is 11.8. The van der Waals surface area contributed by atoms with Gasteiger partial charge in [-0.2, -0.15) is 26.3 Å². The van der Waals surface area contributed by atoms with Gasteiger partial charge in [0, 0.05) is 18.9 Å². The highest BCUT2D eigenvalue weighted by molar-refractivity contribution is 5.67. The fourth-order valence-electron chi connectivity index (χ4n) is 4.09. The molecule has 1 aromatic carbocycles. The third-order valence-corrected chi connectivity index (χ3v) is 5.68. The van der Waals surface area contributed by atoms with Crippen LogP contribution in [0.4, 0.5) is 26.3 Å². The zero-order valence-electron chi connectivity index (χ0n) is 19.5. The van der Waals surface area contributed by atoms with Crippen LogP contribution in [-0.4, -0.2) is 35.2 Å². The van der Waals surface area contributed by atoms with E-state index in [0.29, 0.717) is 24.9 Å². The quantitative estimate of drug-likeness (QED) is 0.385. The van der Waals surface area contributed by atoms with Gasteiger partial charge >= 0.3 is 18.3 Å². The van der Waals surface area contributed by atoms with E-state index in [1.165, 1.54) is 25.0 Å². The highest BCUT2D eigenvalue weighted by Gasteiger charge is 2.34. The van der Waals surface area contributed by atoms with E-state index in [9.17, 15) is 31.1 Å². The first-order valence-electron chi connectivity index (χ1n) is 11.4. The van der Waals surface area contributed by atoms with E-state index in [4.69, 9.17) is 5.11 Å². The molecule has 0 saturated carbocycles. The molecule has 3 nitrogen and oxygen atoms in total. The van der Waals surface area contributed by atoms with Gasteiger partial charge in [0.15, 0.2) is 0 Å². The Bertz CT molecular complexity index is 700. The lowest BCUT2D eigenvalue weighted by atomic mass is 9.85. The van der Waals surface area contributed by atoms with Gasteiger partial charge < -0.3 is 5.11 Å². The zero-order chi connectivity index (χ0) is 25.2. The molecule has 1 saturated heterocycles. The van der Waals surface area contributed by atoms with Crippen LogP contribution in [0, 0.1) is 11.8 Å². The van der Waals surface area contributed by atoms with Gasteiger partial charge in [0.2, 0.25) is 0 Å². The fourth-order valence-corrected chi connectivity index (χ4v) is 4.09. The fraction of sp³-hybridized carbons (Fsp3) is 0.708. The summed E-state index contributed by atoms with van der Waals surface area (Å²) < 4.78 is 75.4. The van der Waals surface area contributed by atoms with Crippen molar-refractivity contribution in [3.8, 4) is 0 Å². The van der Waals surface area contributed by atoms with Crippen LogP contribution in [0.2, 0.25) is 0 Å². The number of carbonyl (C=O) groups is 1. The van der Waals surface area contributed by atoms with E-state index in [0.717, 1.165) is 18.1 Å². The number of aliphatic carboxylic acids is 1.